The Hall–Kier alpha value is -5.39. The van der Waals surface area contributed by atoms with E-state index in [1.807, 2.05) is 48.5 Å². The molecule has 1 saturated carbocycles. The highest BCUT2D eigenvalue weighted by molar-refractivity contribution is 5.93. The van der Waals surface area contributed by atoms with Crippen molar-refractivity contribution >= 4 is 34.4 Å². The van der Waals surface area contributed by atoms with E-state index in [4.69, 9.17) is 19.9 Å². The van der Waals surface area contributed by atoms with E-state index in [1.54, 1.807) is 29.3 Å². The monoisotopic (exact) mass is 576 g/mol. The second kappa shape index (κ2) is 10.5. The quantitative estimate of drug-likeness (QED) is 0.244. The minimum absolute atomic E-state index is 0.0697. The van der Waals surface area contributed by atoms with Gasteiger partial charge < -0.3 is 14.9 Å². The lowest BCUT2D eigenvalue weighted by molar-refractivity contribution is -0.169. The lowest BCUT2D eigenvalue weighted by Crippen LogP contribution is -2.39. The molecule has 0 saturated heterocycles. The molecule has 0 aliphatic heterocycles. The number of hydrogen-bond donors (Lipinski definition) is 1. The first kappa shape index (κ1) is 26.5. The molecular weight excluding hydrogens is 548 g/mol. The zero-order chi connectivity index (χ0) is 29.6. The molecule has 43 heavy (non-hydrogen) atoms. The van der Waals surface area contributed by atoms with Crippen molar-refractivity contribution < 1.29 is 18.7 Å². The number of anilines is 1. The number of ether oxygens (including phenoxy) is 1. The fraction of sp³-hybridized carbons (Fsp3) is 0.258. The summed E-state index contributed by atoms with van der Waals surface area (Å²) in [5.41, 5.74) is 8.75. The van der Waals surface area contributed by atoms with Crippen LogP contribution < -0.4 is 5.73 Å². The van der Waals surface area contributed by atoms with Crippen molar-refractivity contribution in [1.82, 2.24) is 34.3 Å². The minimum Gasteiger partial charge on any atom is -0.461 e. The minimum atomic E-state index is -0.761. The van der Waals surface area contributed by atoms with E-state index >= 15 is 0 Å². The number of nitrogens with zero attached hydrogens (tertiary/aromatic N) is 7. The molecule has 1 aromatic carbocycles. The predicted octanol–water partition coefficient (Wildman–Crippen LogP) is 4.44. The number of carbonyl (C=O) groups excluding carboxylic acids is 2. The van der Waals surface area contributed by atoms with Gasteiger partial charge in [-0.1, -0.05) is 36.4 Å². The SMILES string of the molecule is CC(=O)OC1(c2cccc(CCC(=O)C(c3ccccc3)n3ncc4c3nc(N)n3nc(-c5ccco5)nc43)n2)CCC1. The van der Waals surface area contributed by atoms with Crippen LogP contribution in [-0.4, -0.2) is 46.1 Å². The van der Waals surface area contributed by atoms with Crippen LogP contribution in [0.5, 0.6) is 0 Å². The molecule has 0 bridgehead atoms. The topological polar surface area (TPSA) is 156 Å². The second-order valence-corrected chi connectivity index (χ2v) is 10.7. The number of nitrogens with two attached hydrogens (primary N) is 1. The normalized spacial score (nSPS) is 14.9. The molecule has 0 radical (unpaired) electrons. The van der Waals surface area contributed by atoms with Crippen molar-refractivity contribution in [3.63, 3.8) is 0 Å². The first-order valence-corrected chi connectivity index (χ1v) is 14.1. The van der Waals surface area contributed by atoms with Crippen LogP contribution in [0.4, 0.5) is 5.95 Å². The van der Waals surface area contributed by atoms with Crippen LogP contribution in [0.25, 0.3) is 28.3 Å². The maximum absolute atomic E-state index is 14.0. The van der Waals surface area contributed by atoms with Gasteiger partial charge in [-0.15, -0.1) is 5.10 Å². The van der Waals surface area contributed by atoms with Crippen LogP contribution >= 0.6 is 0 Å². The summed E-state index contributed by atoms with van der Waals surface area (Å²) < 4.78 is 14.2. The molecule has 7 rings (SSSR count). The third-order valence-electron chi connectivity index (χ3n) is 7.86. The van der Waals surface area contributed by atoms with Crippen molar-refractivity contribution in [3.8, 4) is 11.6 Å². The summed E-state index contributed by atoms with van der Waals surface area (Å²) in [4.78, 5) is 39.8. The van der Waals surface area contributed by atoms with Crippen molar-refractivity contribution in [3.05, 3.63) is 90.1 Å². The molecule has 6 aromatic rings. The van der Waals surface area contributed by atoms with Gasteiger partial charge in [0.05, 0.1) is 23.5 Å². The number of esters is 1. The average Bonchev–Trinajstić information content (AvgIpc) is 3.75. The molecule has 1 fully saturated rings. The fourth-order valence-electron chi connectivity index (χ4n) is 5.67. The number of ketones is 1. The predicted molar refractivity (Wildman–Crippen MR) is 156 cm³/mol. The van der Waals surface area contributed by atoms with Crippen LogP contribution in [0.1, 0.15) is 55.6 Å². The molecule has 1 aliphatic carbocycles. The van der Waals surface area contributed by atoms with Crippen LogP contribution in [0.2, 0.25) is 0 Å². The lowest BCUT2D eigenvalue weighted by atomic mass is 9.77. The summed E-state index contributed by atoms with van der Waals surface area (Å²) in [5.74, 6) is 0.567. The van der Waals surface area contributed by atoms with E-state index in [-0.39, 0.29) is 24.1 Å². The summed E-state index contributed by atoms with van der Waals surface area (Å²) in [7, 11) is 0. The number of pyridine rings is 1. The second-order valence-electron chi connectivity index (χ2n) is 10.7. The Morgan fingerprint density at radius 1 is 1.02 bits per heavy atom. The summed E-state index contributed by atoms with van der Waals surface area (Å²) in [6.45, 7) is 1.42. The number of carbonyl (C=O) groups is 2. The largest absolute Gasteiger partial charge is 0.461 e. The van der Waals surface area contributed by atoms with E-state index in [9.17, 15) is 9.59 Å². The first-order valence-electron chi connectivity index (χ1n) is 14.1. The highest BCUT2D eigenvalue weighted by Gasteiger charge is 2.43. The van der Waals surface area contributed by atoms with Gasteiger partial charge in [0.15, 0.2) is 28.4 Å². The number of rotatable bonds is 9. The van der Waals surface area contributed by atoms with Gasteiger partial charge in [-0.05, 0) is 55.5 Å². The van der Waals surface area contributed by atoms with Gasteiger partial charge in [0.25, 0.3) is 0 Å². The van der Waals surface area contributed by atoms with Gasteiger partial charge in [-0.25, -0.2) is 9.67 Å². The van der Waals surface area contributed by atoms with Crippen molar-refractivity contribution in [1.29, 1.82) is 0 Å². The van der Waals surface area contributed by atoms with Crippen molar-refractivity contribution in [2.45, 2.75) is 50.7 Å². The Morgan fingerprint density at radius 2 is 1.86 bits per heavy atom. The Labute approximate surface area is 245 Å². The maximum atomic E-state index is 14.0. The Balaban J connectivity index is 1.22. The number of fused-ring (bicyclic) bond motifs is 3. The maximum Gasteiger partial charge on any atom is 0.303 e. The van der Waals surface area contributed by atoms with Gasteiger partial charge in [0.1, 0.15) is 6.04 Å². The Morgan fingerprint density at radius 3 is 2.58 bits per heavy atom. The van der Waals surface area contributed by atoms with E-state index in [0.29, 0.717) is 34.7 Å². The van der Waals surface area contributed by atoms with Gasteiger partial charge in [0, 0.05) is 19.0 Å². The van der Waals surface area contributed by atoms with Gasteiger partial charge in [-0.2, -0.15) is 14.6 Å². The fourth-order valence-corrected chi connectivity index (χ4v) is 5.67. The van der Waals surface area contributed by atoms with Gasteiger partial charge in [0.2, 0.25) is 11.8 Å². The zero-order valence-corrected chi connectivity index (χ0v) is 23.4. The Kier molecular flexibility index (Phi) is 6.45. The molecular formula is C31H28N8O4. The van der Waals surface area contributed by atoms with E-state index in [0.717, 1.165) is 36.2 Å². The first-order chi connectivity index (χ1) is 20.9. The van der Waals surface area contributed by atoms with Crippen molar-refractivity contribution in [2.75, 3.05) is 5.73 Å². The molecule has 5 aromatic heterocycles. The zero-order valence-electron chi connectivity index (χ0n) is 23.4. The molecule has 216 valence electrons. The smallest absolute Gasteiger partial charge is 0.303 e. The van der Waals surface area contributed by atoms with Gasteiger partial charge >= 0.3 is 5.97 Å². The number of benzene rings is 1. The number of aryl methyl sites for hydroxylation is 1. The molecule has 1 atom stereocenters. The molecule has 12 nitrogen and oxygen atoms in total. The number of hydrogen-bond acceptors (Lipinski definition) is 10. The summed E-state index contributed by atoms with van der Waals surface area (Å²) in [6, 6.07) is 17.9. The molecule has 1 aliphatic rings. The summed E-state index contributed by atoms with van der Waals surface area (Å²) in [6.07, 6.45) is 6.22. The molecule has 0 amide bonds. The molecule has 1 unspecified atom stereocenters. The summed E-state index contributed by atoms with van der Waals surface area (Å²) >= 11 is 0. The number of nitrogen functional groups attached to an aromatic ring is 1. The number of aromatic nitrogens is 7. The molecule has 0 spiro atoms. The van der Waals surface area contributed by atoms with Crippen LogP contribution in [-0.2, 0) is 26.3 Å². The number of furan rings is 1. The molecule has 12 heteroatoms. The highest BCUT2D eigenvalue weighted by atomic mass is 16.6. The average molecular weight is 577 g/mol. The van der Waals surface area contributed by atoms with E-state index in [2.05, 4.69) is 20.2 Å². The third kappa shape index (κ3) is 4.70. The van der Waals surface area contributed by atoms with Crippen molar-refractivity contribution in [2.24, 2.45) is 0 Å². The van der Waals surface area contributed by atoms with E-state index < -0.39 is 11.6 Å². The van der Waals surface area contributed by atoms with Gasteiger partial charge in [-0.3, -0.25) is 14.6 Å². The van der Waals surface area contributed by atoms with E-state index in [1.165, 1.54) is 11.4 Å². The van der Waals surface area contributed by atoms with Crippen LogP contribution in [0, 0.1) is 0 Å². The standard InChI is InChI=1S/C31H28N8O4/c1-19(40)43-31(15-7-16-31)25-12-5-10-21(34-25)13-14-23(41)26(20-8-3-2-4-9-20)38-29-22(18-33-38)28-35-27(24-11-6-17-42-24)37-39(28)30(32)36-29/h2-6,8-12,17-18,26H,7,13-16H2,1H3,(H2,32,36). The highest BCUT2D eigenvalue weighted by Crippen LogP contribution is 2.44. The Bertz CT molecular complexity index is 1960. The third-order valence-corrected chi connectivity index (χ3v) is 7.86. The summed E-state index contributed by atoms with van der Waals surface area (Å²) in [5, 5.41) is 9.66. The lowest BCUT2D eigenvalue weighted by Gasteiger charge is -2.40. The molecule has 2 N–H and O–H groups in total. The molecule has 5 heterocycles. The van der Waals surface area contributed by atoms with Crippen LogP contribution in [0.15, 0.2) is 77.5 Å². The van der Waals surface area contributed by atoms with Crippen LogP contribution in [0.3, 0.4) is 0 Å². The number of Topliss-reactive ketones (excluding diaryl/α,β-unsaturated/α-hetero) is 1.